The van der Waals surface area contributed by atoms with E-state index in [1.165, 1.54) is 5.56 Å². The van der Waals surface area contributed by atoms with E-state index < -0.39 is 10.8 Å². The van der Waals surface area contributed by atoms with Gasteiger partial charge in [-0.15, -0.1) is 0 Å². The molecule has 2 aliphatic heterocycles. The minimum atomic E-state index is -0.973. The van der Waals surface area contributed by atoms with E-state index in [1.807, 2.05) is 0 Å². The van der Waals surface area contributed by atoms with Crippen molar-refractivity contribution in [2.45, 2.75) is 55.4 Å². The van der Waals surface area contributed by atoms with Gasteiger partial charge in [0, 0.05) is 35.3 Å². The van der Waals surface area contributed by atoms with Gasteiger partial charge >= 0.3 is 0 Å². The van der Waals surface area contributed by atoms with Crippen molar-refractivity contribution >= 4 is 38.5 Å². The lowest BCUT2D eigenvalue weighted by molar-refractivity contribution is 0.498. The molecule has 5 nitrogen and oxygen atoms in total. The highest BCUT2D eigenvalue weighted by Gasteiger charge is 2.40. The Kier molecular flexibility index (Phi) is 4.70. The molecule has 0 amide bonds. The number of rotatable bonds is 4. The summed E-state index contributed by atoms with van der Waals surface area (Å²) in [5.41, 5.74) is 2.49. The predicted molar refractivity (Wildman–Crippen MR) is 117 cm³/mol. The first-order chi connectivity index (χ1) is 13.5. The fraction of sp³-hybridized carbons (Fsp3) is 0.524. The summed E-state index contributed by atoms with van der Waals surface area (Å²) < 4.78 is 13.6. The highest BCUT2D eigenvalue weighted by molar-refractivity contribution is 9.10. The second kappa shape index (κ2) is 7.10. The van der Waals surface area contributed by atoms with Crippen LogP contribution in [0.25, 0.3) is 0 Å². The molecule has 1 atom stereocenters. The third kappa shape index (κ3) is 3.59. The van der Waals surface area contributed by atoms with Crippen molar-refractivity contribution in [1.29, 1.82) is 0 Å². The fourth-order valence-corrected chi connectivity index (χ4v) is 5.90. The van der Waals surface area contributed by atoms with Crippen LogP contribution in [-0.2, 0) is 17.2 Å². The SMILES string of the molecule is CC1(Nc2nc(N3CCC(c4cccc(Br)c4)CC3)nc3c2S(=O)CC3)CC1. The van der Waals surface area contributed by atoms with Crippen LogP contribution in [0.15, 0.2) is 33.6 Å². The maximum Gasteiger partial charge on any atom is 0.227 e. The van der Waals surface area contributed by atoms with E-state index in [9.17, 15) is 4.21 Å². The molecular weight excluding hydrogens is 436 g/mol. The highest BCUT2D eigenvalue weighted by Crippen LogP contribution is 2.41. The van der Waals surface area contributed by atoms with Crippen LogP contribution in [0.1, 0.15) is 49.8 Å². The molecule has 1 saturated heterocycles. The summed E-state index contributed by atoms with van der Waals surface area (Å²) in [5.74, 6) is 2.87. The van der Waals surface area contributed by atoms with Crippen LogP contribution in [0.5, 0.6) is 0 Å². The maximum atomic E-state index is 12.5. The Morgan fingerprint density at radius 3 is 2.75 bits per heavy atom. The van der Waals surface area contributed by atoms with Crippen molar-refractivity contribution in [1.82, 2.24) is 9.97 Å². The van der Waals surface area contributed by atoms with Gasteiger partial charge in [-0.3, -0.25) is 4.21 Å². The van der Waals surface area contributed by atoms with Gasteiger partial charge in [0.25, 0.3) is 0 Å². The molecule has 2 aromatic rings. The first-order valence-corrected chi connectivity index (χ1v) is 12.2. The van der Waals surface area contributed by atoms with Crippen molar-refractivity contribution < 1.29 is 4.21 Å². The molecule has 28 heavy (non-hydrogen) atoms. The van der Waals surface area contributed by atoms with E-state index in [0.29, 0.717) is 11.7 Å². The lowest BCUT2D eigenvalue weighted by Crippen LogP contribution is -2.34. The van der Waals surface area contributed by atoms with Gasteiger partial charge in [0.1, 0.15) is 10.7 Å². The molecule has 1 unspecified atom stereocenters. The molecule has 2 fully saturated rings. The number of piperidine rings is 1. The maximum absolute atomic E-state index is 12.5. The summed E-state index contributed by atoms with van der Waals surface area (Å²) in [5, 5.41) is 3.57. The zero-order valence-corrected chi connectivity index (χ0v) is 18.5. The van der Waals surface area contributed by atoms with E-state index in [-0.39, 0.29) is 5.54 Å². The van der Waals surface area contributed by atoms with Gasteiger partial charge in [0.05, 0.1) is 16.5 Å². The molecule has 1 aliphatic carbocycles. The number of aryl methyl sites for hydroxylation is 1. The molecule has 1 aromatic heterocycles. The number of halogens is 1. The van der Waals surface area contributed by atoms with E-state index in [4.69, 9.17) is 9.97 Å². The Hall–Kier alpha value is -1.47. The van der Waals surface area contributed by atoms with Crippen molar-refractivity contribution in [2.75, 3.05) is 29.1 Å². The predicted octanol–water partition coefficient (Wildman–Crippen LogP) is 4.25. The number of aromatic nitrogens is 2. The zero-order valence-electron chi connectivity index (χ0n) is 16.1. The van der Waals surface area contributed by atoms with Gasteiger partial charge in [-0.1, -0.05) is 28.1 Å². The Balaban J connectivity index is 1.37. The van der Waals surface area contributed by atoms with Gasteiger partial charge in [0.2, 0.25) is 5.95 Å². The number of fused-ring (bicyclic) bond motifs is 1. The van der Waals surface area contributed by atoms with Crippen LogP contribution in [-0.4, -0.2) is 38.6 Å². The van der Waals surface area contributed by atoms with E-state index in [1.54, 1.807) is 0 Å². The smallest absolute Gasteiger partial charge is 0.227 e. The third-order valence-electron chi connectivity index (χ3n) is 6.19. The number of benzene rings is 1. The molecule has 7 heteroatoms. The largest absolute Gasteiger partial charge is 0.364 e. The second-order valence-electron chi connectivity index (χ2n) is 8.45. The first-order valence-electron chi connectivity index (χ1n) is 10.1. The van der Waals surface area contributed by atoms with Gasteiger partial charge < -0.3 is 10.2 Å². The van der Waals surface area contributed by atoms with E-state index >= 15 is 0 Å². The molecule has 1 N–H and O–H groups in total. The molecule has 0 radical (unpaired) electrons. The number of nitrogens with one attached hydrogen (secondary N) is 1. The number of anilines is 2. The second-order valence-corrected chi connectivity index (χ2v) is 10.9. The first kappa shape index (κ1) is 18.6. The third-order valence-corrected chi connectivity index (χ3v) is 8.15. The minimum Gasteiger partial charge on any atom is -0.364 e. The average Bonchev–Trinajstić information content (AvgIpc) is 3.30. The monoisotopic (exact) mass is 460 g/mol. The quantitative estimate of drug-likeness (QED) is 0.738. The van der Waals surface area contributed by atoms with Crippen molar-refractivity contribution in [2.24, 2.45) is 0 Å². The van der Waals surface area contributed by atoms with Crippen LogP contribution in [0.3, 0.4) is 0 Å². The summed E-state index contributed by atoms with van der Waals surface area (Å²) in [4.78, 5) is 12.8. The van der Waals surface area contributed by atoms with Crippen LogP contribution in [0, 0.1) is 0 Å². The van der Waals surface area contributed by atoms with Crippen molar-refractivity contribution in [3.8, 4) is 0 Å². The highest BCUT2D eigenvalue weighted by atomic mass is 79.9. The van der Waals surface area contributed by atoms with Crippen molar-refractivity contribution in [3.63, 3.8) is 0 Å². The molecule has 0 bridgehead atoms. The Bertz CT molecular complexity index is 938. The molecule has 5 rings (SSSR count). The van der Waals surface area contributed by atoms with E-state index in [0.717, 1.165) is 72.0 Å². The van der Waals surface area contributed by atoms with Crippen LogP contribution >= 0.6 is 15.9 Å². The normalized spacial score (nSPS) is 23.5. The number of nitrogens with zero attached hydrogens (tertiary/aromatic N) is 3. The van der Waals surface area contributed by atoms with Gasteiger partial charge in [-0.25, -0.2) is 4.98 Å². The Morgan fingerprint density at radius 2 is 2.04 bits per heavy atom. The van der Waals surface area contributed by atoms with Gasteiger partial charge in [0.15, 0.2) is 0 Å². The molecular formula is C21H25BrN4OS. The lowest BCUT2D eigenvalue weighted by Gasteiger charge is -2.33. The zero-order chi connectivity index (χ0) is 19.3. The van der Waals surface area contributed by atoms with Gasteiger partial charge in [-0.05, 0) is 56.2 Å². The summed E-state index contributed by atoms with van der Waals surface area (Å²) in [6.07, 6.45) is 5.28. The Labute approximate surface area is 176 Å². The van der Waals surface area contributed by atoms with Gasteiger partial charge in [-0.2, -0.15) is 4.98 Å². The summed E-state index contributed by atoms with van der Waals surface area (Å²) >= 11 is 3.59. The standard InChI is InChI=1S/C21H25BrN4OS/c1-21(8-9-21)25-19-18-17(7-12-28(18)27)23-20(24-19)26-10-5-14(6-11-26)15-3-2-4-16(22)13-15/h2-4,13-14H,5-12H2,1H3,(H,23,24,25). The molecule has 0 spiro atoms. The Morgan fingerprint density at radius 1 is 1.25 bits per heavy atom. The summed E-state index contributed by atoms with van der Waals surface area (Å²) in [6, 6.07) is 8.66. The molecule has 1 saturated carbocycles. The number of hydrogen-bond donors (Lipinski definition) is 1. The van der Waals surface area contributed by atoms with Crippen LogP contribution in [0.4, 0.5) is 11.8 Å². The molecule has 3 aliphatic rings. The topological polar surface area (TPSA) is 58.1 Å². The van der Waals surface area contributed by atoms with E-state index in [2.05, 4.69) is 57.3 Å². The lowest BCUT2D eigenvalue weighted by atomic mass is 9.90. The molecule has 148 valence electrons. The van der Waals surface area contributed by atoms with Crippen molar-refractivity contribution in [3.05, 3.63) is 40.0 Å². The molecule has 1 aromatic carbocycles. The van der Waals surface area contributed by atoms with Crippen LogP contribution in [0.2, 0.25) is 0 Å². The van der Waals surface area contributed by atoms with Crippen LogP contribution < -0.4 is 10.2 Å². The summed E-state index contributed by atoms with van der Waals surface area (Å²) in [7, 11) is -0.973. The minimum absolute atomic E-state index is 0.111. The number of hydrogen-bond acceptors (Lipinski definition) is 5. The molecule has 3 heterocycles. The summed E-state index contributed by atoms with van der Waals surface area (Å²) in [6.45, 7) is 4.12. The fourth-order valence-electron chi connectivity index (χ4n) is 4.18. The average molecular weight is 461 g/mol.